The number of sulfonamides is 1. The number of hydrogen-bond donors (Lipinski definition) is 1. The van der Waals surface area contributed by atoms with Crippen LogP contribution in [0, 0.1) is 12.7 Å². The first kappa shape index (κ1) is 25.7. The van der Waals surface area contributed by atoms with Gasteiger partial charge in [-0.1, -0.05) is 6.07 Å². The number of aromatic nitrogens is 2. The van der Waals surface area contributed by atoms with Gasteiger partial charge in [-0.2, -0.15) is 17.5 Å². The normalized spacial score (nSPS) is 16.8. The monoisotopic (exact) mass is 522 g/mol. The van der Waals surface area contributed by atoms with Crippen LogP contribution in [0.15, 0.2) is 59.8 Å². The van der Waals surface area contributed by atoms with Crippen molar-refractivity contribution >= 4 is 15.9 Å². The molecule has 1 N–H and O–H groups in total. The van der Waals surface area contributed by atoms with Gasteiger partial charge in [0.25, 0.3) is 0 Å². The van der Waals surface area contributed by atoms with E-state index in [4.69, 9.17) is 0 Å². The minimum Gasteiger partial charge on any atom is -0.349 e. The summed E-state index contributed by atoms with van der Waals surface area (Å²) in [5.74, 6) is -1.07. The molecule has 0 bridgehead atoms. The smallest absolute Gasteiger partial charge is 0.349 e. The molecular formula is C24H22F4N4O3S. The molecule has 1 saturated heterocycles. The van der Waals surface area contributed by atoms with Gasteiger partial charge in [0, 0.05) is 24.5 Å². The lowest BCUT2D eigenvalue weighted by Gasteiger charge is -2.23. The Morgan fingerprint density at radius 2 is 1.83 bits per heavy atom. The van der Waals surface area contributed by atoms with Gasteiger partial charge in [-0.25, -0.2) is 12.8 Å². The first-order chi connectivity index (χ1) is 17.0. The van der Waals surface area contributed by atoms with E-state index in [1.54, 1.807) is 13.0 Å². The molecule has 12 heteroatoms. The summed E-state index contributed by atoms with van der Waals surface area (Å²) in [5.41, 5.74) is 1.22. The van der Waals surface area contributed by atoms with Crippen LogP contribution in [0.3, 0.4) is 0 Å². The van der Waals surface area contributed by atoms with Gasteiger partial charge in [-0.15, -0.1) is 0 Å². The minimum atomic E-state index is -4.54. The van der Waals surface area contributed by atoms with Crippen LogP contribution in [-0.2, 0) is 27.5 Å². The van der Waals surface area contributed by atoms with E-state index in [0.717, 1.165) is 40.8 Å². The zero-order valence-electron chi connectivity index (χ0n) is 19.1. The highest BCUT2D eigenvalue weighted by atomic mass is 32.2. The number of hydrogen-bond acceptors (Lipinski definition) is 5. The number of carbonyl (C=O) groups excluding carboxylic acids is 1. The zero-order valence-corrected chi connectivity index (χ0v) is 19.9. The van der Waals surface area contributed by atoms with Gasteiger partial charge in [0.2, 0.25) is 15.9 Å². The Kier molecular flexibility index (Phi) is 7.10. The molecule has 7 nitrogen and oxygen atoms in total. The number of benzene rings is 1. The second-order valence-corrected chi connectivity index (χ2v) is 10.3. The maximum atomic E-state index is 13.2. The van der Waals surface area contributed by atoms with Crippen molar-refractivity contribution in [2.24, 2.45) is 0 Å². The number of amides is 1. The van der Waals surface area contributed by atoms with Crippen molar-refractivity contribution in [1.29, 1.82) is 0 Å². The molecule has 1 aromatic carbocycles. The van der Waals surface area contributed by atoms with Crippen molar-refractivity contribution < 1.29 is 30.8 Å². The van der Waals surface area contributed by atoms with Gasteiger partial charge in [-0.05, 0) is 67.3 Å². The summed E-state index contributed by atoms with van der Waals surface area (Å²) >= 11 is 0. The van der Waals surface area contributed by atoms with E-state index in [2.05, 4.69) is 15.3 Å². The lowest BCUT2D eigenvalue weighted by Crippen LogP contribution is -2.45. The summed E-state index contributed by atoms with van der Waals surface area (Å²) in [5, 5.41) is 2.70. The molecule has 0 unspecified atom stereocenters. The van der Waals surface area contributed by atoms with Gasteiger partial charge in [-0.3, -0.25) is 14.8 Å². The molecule has 2 aromatic heterocycles. The number of alkyl halides is 3. The van der Waals surface area contributed by atoms with Crippen molar-refractivity contribution in [3.63, 3.8) is 0 Å². The van der Waals surface area contributed by atoms with E-state index in [0.29, 0.717) is 35.2 Å². The zero-order chi connectivity index (χ0) is 26.1. The molecule has 1 aliphatic heterocycles. The average molecular weight is 523 g/mol. The van der Waals surface area contributed by atoms with Crippen LogP contribution in [0.2, 0.25) is 0 Å². The SMILES string of the molecule is Cc1cnc(CNC(=O)[C@@H]2CCCN2S(=O)(=O)c2ccc(F)cc2)cc1-c1ccc(C(F)(F)F)nc1. The highest BCUT2D eigenvalue weighted by Crippen LogP contribution is 2.30. The lowest BCUT2D eigenvalue weighted by atomic mass is 10.0. The predicted octanol–water partition coefficient (Wildman–Crippen LogP) is 4.08. The second kappa shape index (κ2) is 9.94. The Bertz CT molecular complexity index is 1360. The average Bonchev–Trinajstić information content (AvgIpc) is 3.34. The van der Waals surface area contributed by atoms with Crippen molar-refractivity contribution in [3.8, 4) is 11.1 Å². The fourth-order valence-corrected chi connectivity index (χ4v) is 5.68. The second-order valence-electron chi connectivity index (χ2n) is 8.37. The minimum absolute atomic E-state index is 0.0128. The Morgan fingerprint density at radius 1 is 1.11 bits per heavy atom. The molecule has 190 valence electrons. The van der Waals surface area contributed by atoms with Crippen LogP contribution >= 0.6 is 0 Å². The Balaban J connectivity index is 1.47. The fraction of sp³-hybridized carbons (Fsp3) is 0.292. The molecule has 3 heterocycles. The molecule has 36 heavy (non-hydrogen) atoms. The van der Waals surface area contributed by atoms with Crippen LogP contribution in [0.25, 0.3) is 11.1 Å². The molecule has 4 rings (SSSR count). The summed E-state index contributed by atoms with van der Waals surface area (Å²) in [4.78, 5) is 20.5. The summed E-state index contributed by atoms with van der Waals surface area (Å²) in [6.45, 7) is 1.89. The van der Waals surface area contributed by atoms with Crippen LogP contribution in [0.4, 0.5) is 17.6 Å². The molecule has 1 fully saturated rings. The van der Waals surface area contributed by atoms with Crippen LogP contribution in [-0.4, -0.2) is 41.2 Å². The van der Waals surface area contributed by atoms with Crippen LogP contribution < -0.4 is 5.32 Å². The largest absolute Gasteiger partial charge is 0.433 e. The first-order valence-electron chi connectivity index (χ1n) is 11.0. The van der Waals surface area contributed by atoms with Crippen molar-refractivity contribution in [3.05, 3.63) is 77.6 Å². The van der Waals surface area contributed by atoms with E-state index in [-0.39, 0.29) is 18.0 Å². The molecule has 1 amide bonds. The van der Waals surface area contributed by atoms with E-state index >= 15 is 0 Å². The number of halogens is 4. The van der Waals surface area contributed by atoms with Gasteiger partial charge >= 0.3 is 6.18 Å². The topological polar surface area (TPSA) is 92.3 Å². The summed E-state index contributed by atoms with van der Waals surface area (Å²) in [6, 6.07) is 7.34. The summed E-state index contributed by atoms with van der Waals surface area (Å²) < 4.78 is 78.8. The van der Waals surface area contributed by atoms with Gasteiger partial charge in [0.05, 0.1) is 17.1 Å². The van der Waals surface area contributed by atoms with E-state index in [9.17, 15) is 30.8 Å². The van der Waals surface area contributed by atoms with Gasteiger partial charge in [0.15, 0.2) is 0 Å². The maximum Gasteiger partial charge on any atom is 0.433 e. The van der Waals surface area contributed by atoms with Crippen LogP contribution in [0.5, 0.6) is 0 Å². The van der Waals surface area contributed by atoms with Crippen molar-refractivity contribution in [1.82, 2.24) is 19.6 Å². The number of nitrogens with zero attached hydrogens (tertiary/aromatic N) is 3. The van der Waals surface area contributed by atoms with Gasteiger partial charge < -0.3 is 5.32 Å². The molecule has 0 radical (unpaired) electrons. The third-order valence-corrected chi connectivity index (χ3v) is 7.82. The number of aryl methyl sites for hydroxylation is 1. The lowest BCUT2D eigenvalue weighted by molar-refractivity contribution is -0.141. The molecule has 3 aromatic rings. The number of rotatable bonds is 6. The first-order valence-corrected chi connectivity index (χ1v) is 12.4. The molecule has 0 aliphatic carbocycles. The standard InChI is InChI=1S/C24H22F4N4O3S/c1-15-12-29-18(11-20(15)16-4-9-22(30-13-16)24(26,27)28)14-31-23(33)21-3-2-10-32(21)36(34,35)19-7-5-17(25)6-8-19/h4-9,11-13,21H,2-3,10,14H2,1H3,(H,31,33)/t21-/m0/s1. The number of carbonyl (C=O) groups is 1. The predicted molar refractivity (Wildman–Crippen MR) is 122 cm³/mol. The quantitative estimate of drug-likeness (QED) is 0.493. The van der Waals surface area contributed by atoms with Crippen molar-refractivity contribution in [2.45, 2.75) is 43.4 Å². The van der Waals surface area contributed by atoms with E-state index in [1.165, 1.54) is 12.3 Å². The van der Waals surface area contributed by atoms with Crippen LogP contribution in [0.1, 0.15) is 29.8 Å². The maximum absolute atomic E-state index is 13.2. The molecule has 0 saturated carbocycles. The molecule has 0 spiro atoms. The summed E-state index contributed by atoms with van der Waals surface area (Å²) in [6.07, 6.45) is -1.05. The van der Waals surface area contributed by atoms with Gasteiger partial charge in [0.1, 0.15) is 17.6 Å². The molecular weight excluding hydrogens is 500 g/mol. The summed E-state index contributed by atoms with van der Waals surface area (Å²) in [7, 11) is -3.99. The Hall–Kier alpha value is -3.38. The number of pyridine rings is 2. The third kappa shape index (κ3) is 5.39. The highest BCUT2D eigenvalue weighted by Gasteiger charge is 2.39. The molecule has 1 aliphatic rings. The highest BCUT2D eigenvalue weighted by molar-refractivity contribution is 7.89. The van der Waals surface area contributed by atoms with E-state index < -0.39 is 39.7 Å². The Morgan fingerprint density at radius 3 is 2.47 bits per heavy atom. The Labute approximate surface area is 205 Å². The number of nitrogens with one attached hydrogen (secondary N) is 1. The molecule has 1 atom stereocenters. The third-order valence-electron chi connectivity index (χ3n) is 5.90. The van der Waals surface area contributed by atoms with E-state index in [1.807, 2.05) is 0 Å². The van der Waals surface area contributed by atoms with Crippen molar-refractivity contribution in [2.75, 3.05) is 6.54 Å². The fourth-order valence-electron chi connectivity index (χ4n) is 4.02.